The van der Waals surface area contributed by atoms with Gasteiger partial charge in [0.2, 0.25) is 10.0 Å². The van der Waals surface area contributed by atoms with E-state index >= 15 is 0 Å². The third kappa shape index (κ3) is 7.58. The van der Waals surface area contributed by atoms with Crippen molar-refractivity contribution in [3.05, 3.63) is 72.3 Å². The van der Waals surface area contributed by atoms with Crippen molar-refractivity contribution in [1.29, 1.82) is 0 Å². The highest BCUT2D eigenvalue weighted by Gasteiger charge is 2.54. The Balaban J connectivity index is 0.996. The Hall–Kier alpha value is -3.08. The van der Waals surface area contributed by atoms with Crippen LogP contribution in [0.1, 0.15) is 37.7 Å². The molecule has 1 saturated carbocycles. The van der Waals surface area contributed by atoms with Crippen LogP contribution in [0.15, 0.2) is 76.5 Å². The van der Waals surface area contributed by atoms with Gasteiger partial charge in [0, 0.05) is 31.2 Å². The molecule has 6 rings (SSSR count). The predicted molar refractivity (Wildman–Crippen MR) is 188 cm³/mol. The minimum absolute atomic E-state index is 0.0186. The zero-order valence-corrected chi connectivity index (χ0v) is 29.9. The van der Waals surface area contributed by atoms with Crippen molar-refractivity contribution in [2.75, 3.05) is 53.1 Å². The Morgan fingerprint density at radius 1 is 1.00 bits per heavy atom. The predicted octanol–water partition coefficient (Wildman–Crippen LogP) is 2.50. The Kier molecular flexibility index (Phi) is 10.9. The summed E-state index contributed by atoms with van der Waals surface area (Å²) in [5, 5.41) is 23.5. The third-order valence-corrected chi connectivity index (χ3v) is 14.7. The fourth-order valence-electron chi connectivity index (χ4n) is 6.88. The number of sulfonamides is 1. The highest BCUT2D eigenvalue weighted by atomic mass is 32.2. The molecule has 2 atom stereocenters. The number of methoxy groups -OCH3 is 1. The Bertz CT molecular complexity index is 1860. The van der Waals surface area contributed by atoms with Crippen molar-refractivity contribution in [3.63, 3.8) is 0 Å². The molecule has 272 valence electrons. The average molecular weight is 730 g/mol. The van der Waals surface area contributed by atoms with Crippen LogP contribution < -0.4 is 20.5 Å². The molecule has 2 aliphatic heterocycles. The third-order valence-electron chi connectivity index (χ3n) is 10.2. The first-order chi connectivity index (χ1) is 23.9. The highest BCUT2D eigenvalue weighted by Crippen LogP contribution is 2.46. The van der Waals surface area contributed by atoms with Gasteiger partial charge in [0.25, 0.3) is 0 Å². The number of nitrogens with one attached hydrogen (secondary N) is 1. The van der Waals surface area contributed by atoms with Crippen LogP contribution in [0, 0.1) is 0 Å². The number of benzene rings is 3. The van der Waals surface area contributed by atoms with E-state index in [2.05, 4.69) is 5.32 Å². The van der Waals surface area contributed by atoms with Gasteiger partial charge < -0.3 is 35.5 Å². The summed E-state index contributed by atoms with van der Waals surface area (Å²) < 4.78 is 71.4. The Morgan fingerprint density at radius 3 is 2.40 bits per heavy atom. The van der Waals surface area contributed by atoms with Crippen molar-refractivity contribution in [2.24, 2.45) is 5.73 Å². The number of sulfone groups is 1. The van der Waals surface area contributed by atoms with Crippen LogP contribution in [0.3, 0.4) is 0 Å². The van der Waals surface area contributed by atoms with E-state index in [9.17, 15) is 27.0 Å². The van der Waals surface area contributed by atoms with E-state index in [1.54, 1.807) is 37.4 Å². The molecule has 1 aliphatic carbocycles. The van der Waals surface area contributed by atoms with Crippen LogP contribution in [0.2, 0.25) is 0 Å². The molecule has 3 fully saturated rings. The zero-order chi connectivity index (χ0) is 35.6. The number of aliphatic hydroxyl groups is 2. The molecule has 3 aliphatic rings. The Morgan fingerprint density at radius 2 is 1.74 bits per heavy atom. The number of aliphatic hydroxyl groups excluding tert-OH is 2. The van der Waals surface area contributed by atoms with Gasteiger partial charge in [-0.05, 0) is 92.6 Å². The van der Waals surface area contributed by atoms with Gasteiger partial charge in [-0.2, -0.15) is 4.31 Å². The van der Waals surface area contributed by atoms with Crippen LogP contribution >= 0.6 is 0 Å². The van der Waals surface area contributed by atoms with Gasteiger partial charge in [-0.15, -0.1) is 0 Å². The lowest BCUT2D eigenvalue weighted by atomic mass is 9.88. The standard InChI is InChI=1S/C36H47N3O9S2/c1-46-34-10-9-32(20-33(34)27-7-5-26(6-8-27)11-16-37)50(44,45)39-17-14-35(15-18-39)21-28(23-48-35)38-22-29(41)24-47-30-3-2-4-31(19-30)49(42,43)36(25-40)12-13-36/h2-10,19-20,28-29,38,40-41H,11-18,21-25,37H2,1H3. The normalized spacial score (nSPS) is 20.8. The molecule has 3 aromatic rings. The largest absolute Gasteiger partial charge is 0.496 e. The fourth-order valence-corrected chi connectivity index (χ4v) is 10.2. The second-order valence-electron chi connectivity index (χ2n) is 13.6. The summed E-state index contributed by atoms with van der Waals surface area (Å²) in [5.41, 5.74) is 7.91. The second-order valence-corrected chi connectivity index (χ2v) is 17.9. The van der Waals surface area contributed by atoms with Crippen LogP contribution in [0.25, 0.3) is 11.1 Å². The topological polar surface area (TPSA) is 178 Å². The molecule has 2 unspecified atom stereocenters. The molecule has 0 bridgehead atoms. The van der Waals surface area contributed by atoms with E-state index in [1.165, 1.54) is 16.4 Å². The first-order valence-corrected chi connectivity index (χ1v) is 20.0. The van der Waals surface area contributed by atoms with Gasteiger partial charge in [-0.25, -0.2) is 16.8 Å². The smallest absolute Gasteiger partial charge is 0.243 e. The Labute approximate surface area is 294 Å². The van der Waals surface area contributed by atoms with E-state index in [-0.39, 0.29) is 29.0 Å². The minimum Gasteiger partial charge on any atom is -0.496 e. The van der Waals surface area contributed by atoms with E-state index in [4.69, 9.17) is 19.9 Å². The van der Waals surface area contributed by atoms with E-state index < -0.39 is 42.9 Å². The molecule has 0 aromatic heterocycles. The molecule has 5 N–H and O–H groups in total. The van der Waals surface area contributed by atoms with Crippen LogP contribution in [0.4, 0.5) is 0 Å². The number of rotatable bonds is 15. The second kappa shape index (κ2) is 14.9. The lowest BCUT2D eigenvalue weighted by molar-refractivity contribution is -0.0312. The van der Waals surface area contributed by atoms with Gasteiger partial charge in [-0.1, -0.05) is 30.3 Å². The summed E-state index contributed by atoms with van der Waals surface area (Å²) in [5.74, 6) is 0.916. The number of nitrogens with zero attached hydrogens (tertiary/aromatic N) is 1. The van der Waals surface area contributed by atoms with E-state index in [0.717, 1.165) is 17.5 Å². The summed E-state index contributed by atoms with van der Waals surface area (Å²) in [6, 6.07) is 19.0. The minimum atomic E-state index is -3.76. The SMILES string of the molecule is COc1ccc(S(=O)(=O)N2CCC3(CC2)CC(NCC(O)COc2cccc(S(=O)(=O)C4(CO)CC4)c2)CO3)cc1-c1ccc(CCN)cc1. The lowest BCUT2D eigenvalue weighted by Gasteiger charge is -2.38. The molecule has 1 spiro atoms. The fraction of sp³-hybridized carbons (Fsp3) is 0.500. The first kappa shape index (κ1) is 36.7. The van der Waals surface area contributed by atoms with Crippen molar-refractivity contribution in [1.82, 2.24) is 9.62 Å². The summed E-state index contributed by atoms with van der Waals surface area (Å²) in [6.45, 7) is 1.44. The van der Waals surface area contributed by atoms with Gasteiger partial charge in [0.15, 0.2) is 9.84 Å². The molecule has 2 heterocycles. The summed E-state index contributed by atoms with van der Waals surface area (Å²) in [7, 11) is -5.88. The summed E-state index contributed by atoms with van der Waals surface area (Å²) in [4.78, 5) is 0.309. The number of ether oxygens (including phenoxy) is 3. The van der Waals surface area contributed by atoms with E-state index in [0.29, 0.717) is 75.4 Å². The first-order valence-electron chi connectivity index (χ1n) is 17.1. The van der Waals surface area contributed by atoms with E-state index in [1.807, 2.05) is 24.3 Å². The van der Waals surface area contributed by atoms with Gasteiger partial charge in [0.05, 0.1) is 40.5 Å². The van der Waals surface area contributed by atoms with Gasteiger partial charge in [-0.3, -0.25) is 0 Å². The number of hydrogen-bond acceptors (Lipinski definition) is 11. The maximum Gasteiger partial charge on any atom is 0.243 e. The molecule has 14 heteroatoms. The zero-order valence-electron chi connectivity index (χ0n) is 28.3. The average Bonchev–Trinajstić information content (AvgIpc) is 3.86. The molecule has 12 nitrogen and oxygen atoms in total. The van der Waals surface area contributed by atoms with Gasteiger partial charge >= 0.3 is 0 Å². The van der Waals surface area contributed by atoms with Crippen LogP contribution in [-0.4, -0.2) is 107 Å². The monoisotopic (exact) mass is 729 g/mol. The highest BCUT2D eigenvalue weighted by molar-refractivity contribution is 7.93. The molecule has 2 saturated heterocycles. The molecule has 0 amide bonds. The van der Waals surface area contributed by atoms with Crippen molar-refractivity contribution >= 4 is 19.9 Å². The molecular formula is C36H47N3O9S2. The maximum absolute atomic E-state index is 13.8. The van der Waals surface area contributed by atoms with Crippen LogP contribution in [0.5, 0.6) is 11.5 Å². The van der Waals surface area contributed by atoms with Crippen molar-refractivity contribution in [2.45, 2.75) is 70.8 Å². The number of nitrogens with two attached hydrogens (primary N) is 1. The van der Waals surface area contributed by atoms with Crippen molar-refractivity contribution < 1.29 is 41.3 Å². The summed E-state index contributed by atoms with van der Waals surface area (Å²) in [6.07, 6.45) is 2.57. The van der Waals surface area contributed by atoms with Crippen LogP contribution in [-0.2, 0) is 31.0 Å². The maximum atomic E-state index is 13.8. The molecule has 3 aromatic carbocycles. The molecule has 0 radical (unpaired) electrons. The van der Waals surface area contributed by atoms with Gasteiger partial charge in [0.1, 0.15) is 24.2 Å². The number of piperidine rings is 1. The quantitative estimate of drug-likeness (QED) is 0.181. The van der Waals surface area contributed by atoms with Crippen molar-refractivity contribution in [3.8, 4) is 22.6 Å². The summed E-state index contributed by atoms with van der Waals surface area (Å²) >= 11 is 0. The molecular weight excluding hydrogens is 683 g/mol. The lowest BCUT2D eigenvalue weighted by Crippen LogP contribution is -2.47. The number of hydrogen-bond donors (Lipinski definition) is 4. The molecule has 50 heavy (non-hydrogen) atoms.